The number of benzene rings is 1. The second-order valence-electron chi connectivity index (χ2n) is 4.26. The Morgan fingerprint density at radius 2 is 2.35 bits per heavy atom. The van der Waals surface area contributed by atoms with Gasteiger partial charge in [-0.3, -0.25) is 9.48 Å². The minimum atomic E-state index is -0.376. The molecule has 0 aliphatic carbocycles. The van der Waals surface area contributed by atoms with Crippen molar-refractivity contribution in [1.82, 2.24) is 15.1 Å². The van der Waals surface area contributed by atoms with Crippen LogP contribution in [-0.2, 0) is 4.79 Å². The molecule has 5 nitrogen and oxygen atoms in total. The maximum Gasteiger partial charge on any atom is 0.244 e. The molecule has 0 unspecified atom stereocenters. The molecule has 0 bridgehead atoms. The monoisotopic (exact) mass is 277 g/mol. The molecule has 1 heterocycles. The van der Waals surface area contributed by atoms with Gasteiger partial charge in [-0.1, -0.05) is 6.07 Å². The number of aromatic nitrogens is 2. The van der Waals surface area contributed by atoms with Gasteiger partial charge in [0, 0.05) is 18.5 Å². The maximum absolute atomic E-state index is 12.9. The summed E-state index contributed by atoms with van der Waals surface area (Å²) in [5.41, 5.74) is 0. The number of amides is 1. The van der Waals surface area contributed by atoms with Gasteiger partial charge >= 0.3 is 0 Å². The van der Waals surface area contributed by atoms with Crippen molar-refractivity contribution in [3.8, 4) is 5.75 Å². The zero-order chi connectivity index (χ0) is 14.4. The third-order valence-corrected chi connectivity index (χ3v) is 2.77. The molecule has 2 rings (SSSR count). The van der Waals surface area contributed by atoms with Crippen molar-refractivity contribution in [2.24, 2.45) is 0 Å². The van der Waals surface area contributed by atoms with Crippen molar-refractivity contribution in [2.45, 2.75) is 13.0 Å². The van der Waals surface area contributed by atoms with Crippen LogP contribution >= 0.6 is 0 Å². The standard InChI is InChI=1S/C14H16FN3O2/c1-11(18-8-3-6-17-18)14(19)16-7-9-20-13-5-2-4-12(15)10-13/h2-6,8,10-11H,7,9H2,1H3,(H,16,19)/t11-/m0/s1. The van der Waals surface area contributed by atoms with Crippen LogP contribution in [0.15, 0.2) is 42.7 Å². The van der Waals surface area contributed by atoms with Gasteiger partial charge in [0.25, 0.3) is 0 Å². The summed E-state index contributed by atoms with van der Waals surface area (Å²) >= 11 is 0. The Bertz CT molecular complexity index is 557. The van der Waals surface area contributed by atoms with Crippen LogP contribution < -0.4 is 10.1 Å². The summed E-state index contributed by atoms with van der Waals surface area (Å²) in [6.07, 6.45) is 3.35. The van der Waals surface area contributed by atoms with Crippen molar-refractivity contribution in [1.29, 1.82) is 0 Å². The third-order valence-electron chi connectivity index (χ3n) is 2.77. The molecule has 1 amide bonds. The van der Waals surface area contributed by atoms with Gasteiger partial charge in [-0.25, -0.2) is 4.39 Å². The lowest BCUT2D eigenvalue weighted by Gasteiger charge is -2.13. The lowest BCUT2D eigenvalue weighted by atomic mass is 10.3. The van der Waals surface area contributed by atoms with Crippen molar-refractivity contribution in [3.63, 3.8) is 0 Å². The average Bonchev–Trinajstić information content (AvgIpc) is 2.96. The highest BCUT2D eigenvalue weighted by Gasteiger charge is 2.13. The predicted molar refractivity (Wildman–Crippen MR) is 71.8 cm³/mol. The first-order valence-electron chi connectivity index (χ1n) is 6.32. The smallest absolute Gasteiger partial charge is 0.244 e. The van der Waals surface area contributed by atoms with Crippen molar-refractivity contribution < 1.29 is 13.9 Å². The molecule has 1 atom stereocenters. The molecule has 1 aromatic carbocycles. The molecular weight excluding hydrogens is 261 g/mol. The van der Waals surface area contributed by atoms with E-state index >= 15 is 0 Å². The number of nitrogens with zero attached hydrogens (tertiary/aromatic N) is 2. The van der Waals surface area contributed by atoms with Gasteiger partial charge in [-0.05, 0) is 25.1 Å². The molecule has 0 aliphatic rings. The van der Waals surface area contributed by atoms with Gasteiger partial charge < -0.3 is 10.1 Å². The number of nitrogens with one attached hydrogen (secondary N) is 1. The fourth-order valence-electron chi connectivity index (χ4n) is 1.68. The number of carbonyl (C=O) groups excluding carboxylic acids is 1. The SMILES string of the molecule is C[C@@H](C(=O)NCCOc1cccc(F)c1)n1cccn1. The van der Waals surface area contributed by atoms with Crippen LogP contribution in [0, 0.1) is 5.82 Å². The molecule has 0 saturated heterocycles. The molecule has 1 aromatic heterocycles. The second kappa shape index (κ2) is 6.70. The van der Waals surface area contributed by atoms with E-state index in [1.165, 1.54) is 12.1 Å². The molecule has 0 radical (unpaired) electrons. The Morgan fingerprint density at radius 3 is 3.05 bits per heavy atom. The fraction of sp³-hybridized carbons (Fsp3) is 0.286. The Labute approximate surface area is 116 Å². The quantitative estimate of drug-likeness (QED) is 0.819. The summed E-state index contributed by atoms with van der Waals surface area (Å²) in [5, 5.41) is 6.74. The van der Waals surface area contributed by atoms with E-state index < -0.39 is 0 Å². The zero-order valence-corrected chi connectivity index (χ0v) is 11.1. The van der Waals surface area contributed by atoms with Crippen LogP contribution in [0.1, 0.15) is 13.0 Å². The second-order valence-corrected chi connectivity index (χ2v) is 4.26. The molecule has 0 aliphatic heterocycles. The third kappa shape index (κ3) is 3.81. The van der Waals surface area contributed by atoms with Crippen molar-refractivity contribution in [2.75, 3.05) is 13.2 Å². The van der Waals surface area contributed by atoms with Crippen LogP contribution in [0.3, 0.4) is 0 Å². The van der Waals surface area contributed by atoms with E-state index in [0.717, 1.165) is 0 Å². The van der Waals surface area contributed by atoms with E-state index in [0.29, 0.717) is 12.3 Å². The molecule has 0 spiro atoms. The van der Waals surface area contributed by atoms with Crippen LogP contribution in [0.5, 0.6) is 5.75 Å². The lowest BCUT2D eigenvalue weighted by Crippen LogP contribution is -2.34. The Balaban J connectivity index is 1.72. The van der Waals surface area contributed by atoms with E-state index in [1.807, 2.05) is 0 Å². The highest BCUT2D eigenvalue weighted by molar-refractivity contribution is 5.79. The maximum atomic E-state index is 12.9. The number of carbonyl (C=O) groups is 1. The Morgan fingerprint density at radius 1 is 1.50 bits per heavy atom. The highest BCUT2D eigenvalue weighted by Crippen LogP contribution is 2.11. The van der Waals surface area contributed by atoms with Crippen LogP contribution in [0.4, 0.5) is 4.39 Å². The van der Waals surface area contributed by atoms with Crippen molar-refractivity contribution >= 4 is 5.91 Å². The molecule has 0 fully saturated rings. The van der Waals surface area contributed by atoms with Crippen LogP contribution in [-0.4, -0.2) is 28.8 Å². The minimum Gasteiger partial charge on any atom is -0.492 e. The van der Waals surface area contributed by atoms with E-state index in [4.69, 9.17) is 4.74 Å². The molecular formula is C14H16FN3O2. The number of rotatable bonds is 6. The van der Waals surface area contributed by atoms with E-state index in [-0.39, 0.29) is 24.4 Å². The van der Waals surface area contributed by atoms with E-state index in [1.54, 1.807) is 42.2 Å². The van der Waals surface area contributed by atoms with Crippen molar-refractivity contribution in [3.05, 3.63) is 48.5 Å². The zero-order valence-electron chi connectivity index (χ0n) is 11.1. The minimum absolute atomic E-state index is 0.142. The first-order chi connectivity index (χ1) is 9.66. The summed E-state index contributed by atoms with van der Waals surface area (Å²) in [6, 6.07) is 7.27. The number of halogens is 1. The average molecular weight is 277 g/mol. The fourth-order valence-corrected chi connectivity index (χ4v) is 1.68. The van der Waals surface area contributed by atoms with Gasteiger partial charge in [0.15, 0.2) is 0 Å². The van der Waals surface area contributed by atoms with Crippen LogP contribution in [0.25, 0.3) is 0 Å². The number of hydrogen-bond donors (Lipinski definition) is 1. The summed E-state index contributed by atoms with van der Waals surface area (Å²) in [5.74, 6) is -0.0465. The van der Waals surface area contributed by atoms with E-state index in [2.05, 4.69) is 10.4 Å². The topological polar surface area (TPSA) is 56.1 Å². The number of hydrogen-bond acceptors (Lipinski definition) is 3. The first kappa shape index (κ1) is 14.0. The van der Waals surface area contributed by atoms with Crippen LogP contribution in [0.2, 0.25) is 0 Å². The summed E-state index contributed by atoms with van der Waals surface area (Å²) in [7, 11) is 0. The summed E-state index contributed by atoms with van der Waals surface area (Å²) in [4.78, 5) is 11.8. The predicted octanol–water partition coefficient (Wildman–Crippen LogP) is 1.78. The van der Waals surface area contributed by atoms with Gasteiger partial charge in [0.1, 0.15) is 24.2 Å². The van der Waals surface area contributed by atoms with Gasteiger partial charge in [0.2, 0.25) is 5.91 Å². The molecule has 106 valence electrons. The summed E-state index contributed by atoms with van der Waals surface area (Å²) in [6.45, 7) is 2.39. The number of ether oxygens (including phenoxy) is 1. The highest BCUT2D eigenvalue weighted by atomic mass is 19.1. The molecule has 1 N–H and O–H groups in total. The normalized spacial score (nSPS) is 11.9. The lowest BCUT2D eigenvalue weighted by molar-refractivity contribution is -0.124. The Hall–Kier alpha value is -2.37. The summed E-state index contributed by atoms with van der Waals surface area (Å²) < 4.78 is 19.8. The van der Waals surface area contributed by atoms with Gasteiger partial charge in [-0.2, -0.15) is 5.10 Å². The Kier molecular flexibility index (Phi) is 4.70. The molecule has 2 aromatic rings. The molecule has 0 saturated carbocycles. The van der Waals surface area contributed by atoms with Gasteiger partial charge in [-0.15, -0.1) is 0 Å². The molecule has 20 heavy (non-hydrogen) atoms. The van der Waals surface area contributed by atoms with E-state index in [9.17, 15) is 9.18 Å². The molecule has 6 heteroatoms. The first-order valence-corrected chi connectivity index (χ1v) is 6.32. The van der Waals surface area contributed by atoms with Gasteiger partial charge in [0.05, 0.1) is 6.54 Å². The largest absolute Gasteiger partial charge is 0.492 e.